The van der Waals surface area contributed by atoms with Gasteiger partial charge in [-0.25, -0.2) is 9.78 Å². The molecule has 1 spiro atoms. The fraction of sp³-hybridized carbons (Fsp3) is 0.409. The SMILES string of the molecule is COc1cc(C(=O)N2CCC3(CCN(C(=O)Nc4ccc(Br)cc4Cl)C3)CC2)cc(Cl)n1. The number of hydrogen-bond donors (Lipinski definition) is 1. The van der Waals surface area contributed by atoms with E-state index in [4.69, 9.17) is 27.9 Å². The largest absolute Gasteiger partial charge is 0.481 e. The van der Waals surface area contributed by atoms with Gasteiger partial charge in [-0.3, -0.25) is 4.79 Å². The summed E-state index contributed by atoms with van der Waals surface area (Å²) in [6.07, 6.45) is 2.61. The zero-order valence-corrected chi connectivity index (χ0v) is 20.6. The van der Waals surface area contributed by atoms with Gasteiger partial charge in [0.1, 0.15) is 5.15 Å². The number of methoxy groups -OCH3 is 1. The summed E-state index contributed by atoms with van der Waals surface area (Å²) < 4.78 is 5.97. The molecule has 7 nitrogen and oxygen atoms in total. The second-order valence-electron chi connectivity index (χ2n) is 8.24. The Balaban J connectivity index is 1.35. The molecule has 0 bridgehead atoms. The van der Waals surface area contributed by atoms with Gasteiger partial charge < -0.3 is 19.9 Å². The Labute approximate surface area is 205 Å². The van der Waals surface area contributed by atoms with Crippen LogP contribution in [-0.2, 0) is 0 Å². The Morgan fingerprint density at radius 2 is 1.78 bits per heavy atom. The standard InChI is InChI=1S/C22H23BrCl2N4O3/c1-32-19-11-14(10-18(25)27-19)20(30)28-7-4-22(5-8-28)6-9-29(13-22)21(31)26-17-3-2-15(23)12-16(17)24/h2-3,10-12H,4-9,13H2,1H3,(H,26,31). The van der Waals surface area contributed by atoms with E-state index in [-0.39, 0.29) is 22.5 Å². The molecule has 10 heteroatoms. The first-order valence-corrected chi connectivity index (χ1v) is 11.9. The maximum Gasteiger partial charge on any atom is 0.321 e. The highest BCUT2D eigenvalue weighted by Gasteiger charge is 2.43. The molecule has 0 radical (unpaired) electrons. The maximum absolute atomic E-state index is 12.9. The highest BCUT2D eigenvalue weighted by Crippen LogP contribution is 2.41. The van der Waals surface area contributed by atoms with Crippen LogP contribution >= 0.6 is 39.1 Å². The van der Waals surface area contributed by atoms with Crippen molar-refractivity contribution >= 4 is 56.8 Å². The van der Waals surface area contributed by atoms with Crippen molar-refractivity contribution in [3.05, 3.63) is 50.5 Å². The molecule has 2 fully saturated rings. The smallest absolute Gasteiger partial charge is 0.321 e. The number of rotatable bonds is 3. The number of benzene rings is 1. The Kier molecular flexibility index (Phi) is 6.83. The molecule has 0 aliphatic carbocycles. The number of aromatic nitrogens is 1. The fourth-order valence-corrected chi connectivity index (χ4v) is 5.29. The van der Waals surface area contributed by atoms with Crippen LogP contribution in [0.3, 0.4) is 0 Å². The van der Waals surface area contributed by atoms with Gasteiger partial charge in [-0.1, -0.05) is 39.1 Å². The number of likely N-dealkylation sites (tertiary alicyclic amines) is 2. The number of nitrogens with one attached hydrogen (secondary N) is 1. The van der Waals surface area contributed by atoms with Gasteiger partial charge in [0.2, 0.25) is 5.88 Å². The molecular formula is C22H23BrCl2N4O3. The molecule has 170 valence electrons. The number of halogens is 3. The number of carbonyl (C=O) groups excluding carboxylic acids is 2. The summed E-state index contributed by atoms with van der Waals surface area (Å²) >= 11 is 15.6. The van der Waals surface area contributed by atoms with Crippen LogP contribution in [0.15, 0.2) is 34.8 Å². The molecule has 2 aromatic rings. The van der Waals surface area contributed by atoms with E-state index in [2.05, 4.69) is 26.2 Å². The van der Waals surface area contributed by atoms with Gasteiger partial charge in [0.15, 0.2) is 0 Å². The van der Waals surface area contributed by atoms with Crippen LogP contribution in [-0.4, -0.2) is 60.0 Å². The number of amides is 3. The lowest BCUT2D eigenvalue weighted by Crippen LogP contribution is -2.45. The predicted molar refractivity (Wildman–Crippen MR) is 128 cm³/mol. The number of anilines is 1. The Hall–Kier alpha value is -2.03. The lowest BCUT2D eigenvalue weighted by Gasteiger charge is -2.39. The van der Waals surface area contributed by atoms with Crippen molar-refractivity contribution in [2.24, 2.45) is 5.41 Å². The zero-order valence-electron chi connectivity index (χ0n) is 17.5. The highest BCUT2D eigenvalue weighted by atomic mass is 79.9. The van der Waals surface area contributed by atoms with Crippen molar-refractivity contribution in [1.82, 2.24) is 14.8 Å². The number of hydrogen-bond acceptors (Lipinski definition) is 4. The van der Waals surface area contributed by atoms with E-state index in [1.54, 1.807) is 24.3 Å². The molecule has 2 aliphatic heterocycles. The summed E-state index contributed by atoms with van der Waals surface area (Å²) in [6.45, 7) is 2.62. The molecule has 2 aliphatic rings. The van der Waals surface area contributed by atoms with Gasteiger partial charge >= 0.3 is 6.03 Å². The minimum Gasteiger partial charge on any atom is -0.481 e. The van der Waals surface area contributed by atoms with Gasteiger partial charge in [0.05, 0.1) is 17.8 Å². The number of nitrogens with zero attached hydrogens (tertiary/aromatic N) is 3. The summed E-state index contributed by atoms with van der Waals surface area (Å²) in [4.78, 5) is 33.4. The minimum atomic E-state index is -0.150. The Bertz CT molecular complexity index is 1040. The highest BCUT2D eigenvalue weighted by molar-refractivity contribution is 9.10. The maximum atomic E-state index is 12.9. The first-order valence-electron chi connectivity index (χ1n) is 10.3. The molecule has 1 aromatic heterocycles. The number of pyridine rings is 1. The van der Waals surface area contributed by atoms with E-state index in [1.807, 2.05) is 15.9 Å². The second-order valence-corrected chi connectivity index (χ2v) is 9.95. The van der Waals surface area contributed by atoms with Crippen molar-refractivity contribution in [2.45, 2.75) is 19.3 Å². The predicted octanol–water partition coefficient (Wildman–Crippen LogP) is 5.32. The molecule has 1 aromatic carbocycles. The van der Waals surface area contributed by atoms with Crippen molar-refractivity contribution in [3.63, 3.8) is 0 Å². The summed E-state index contributed by atoms with van der Waals surface area (Å²) in [5, 5.41) is 3.62. The molecule has 0 saturated carbocycles. The molecule has 1 N–H and O–H groups in total. The normalized spacial score (nSPS) is 17.5. The monoisotopic (exact) mass is 540 g/mol. The van der Waals surface area contributed by atoms with E-state index >= 15 is 0 Å². The van der Waals surface area contributed by atoms with Crippen LogP contribution in [0, 0.1) is 5.41 Å². The van der Waals surface area contributed by atoms with Crippen LogP contribution in [0.2, 0.25) is 10.2 Å². The van der Waals surface area contributed by atoms with Gasteiger partial charge in [0, 0.05) is 42.3 Å². The third kappa shape index (κ3) is 4.97. The van der Waals surface area contributed by atoms with Crippen molar-refractivity contribution in [1.29, 1.82) is 0 Å². The van der Waals surface area contributed by atoms with E-state index in [9.17, 15) is 9.59 Å². The quantitative estimate of drug-likeness (QED) is 0.534. The second kappa shape index (κ2) is 9.45. The van der Waals surface area contributed by atoms with E-state index in [0.29, 0.717) is 48.3 Å². The summed E-state index contributed by atoms with van der Waals surface area (Å²) in [7, 11) is 1.49. The molecule has 3 amide bonds. The first-order chi connectivity index (χ1) is 15.3. The van der Waals surface area contributed by atoms with Crippen molar-refractivity contribution < 1.29 is 14.3 Å². The summed E-state index contributed by atoms with van der Waals surface area (Å²) in [5.41, 5.74) is 1.09. The lowest BCUT2D eigenvalue weighted by molar-refractivity contribution is 0.0594. The van der Waals surface area contributed by atoms with Gasteiger partial charge in [-0.2, -0.15) is 0 Å². The third-order valence-electron chi connectivity index (χ3n) is 6.24. The molecule has 32 heavy (non-hydrogen) atoms. The van der Waals surface area contributed by atoms with Crippen LogP contribution in [0.4, 0.5) is 10.5 Å². The van der Waals surface area contributed by atoms with E-state index in [0.717, 1.165) is 23.7 Å². The topological polar surface area (TPSA) is 74.8 Å². The minimum absolute atomic E-state index is 0.0329. The molecule has 0 atom stereocenters. The fourth-order valence-electron chi connectivity index (χ4n) is 4.37. The number of piperidine rings is 1. The third-order valence-corrected chi connectivity index (χ3v) is 7.24. The molecular weight excluding hydrogens is 519 g/mol. The van der Waals surface area contributed by atoms with Crippen LogP contribution in [0.1, 0.15) is 29.6 Å². The average Bonchev–Trinajstić information content (AvgIpc) is 3.19. The Morgan fingerprint density at radius 3 is 2.44 bits per heavy atom. The van der Waals surface area contributed by atoms with Crippen LogP contribution in [0.25, 0.3) is 0 Å². The van der Waals surface area contributed by atoms with Gasteiger partial charge in [-0.05, 0) is 48.9 Å². The van der Waals surface area contributed by atoms with E-state index in [1.165, 1.54) is 7.11 Å². The zero-order chi connectivity index (χ0) is 22.9. The number of urea groups is 1. The average molecular weight is 542 g/mol. The van der Waals surface area contributed by atoms with Crippen molar-refractivity contribution in [2.75, 3.05) is 38.6 Å². The van der Waals surface area contributed by atoms with Gasteiger partial charge in [-0.15, -0.1) is 0 Å². The molecule has 4 rings (SSSR count). The molecule has 2 saturated heterocycles. The number of ether oxygens (including phenoxy) is 1. The number of carbonyl (C=O) groups is 2. The van der Waals surface area contributed by atoms with Crippen molar-refractivity contribution in [3.8, 4) is 5.88 Å². The van der Waals surface area contributed by atoms with Crippen LogP contribution in [0.5, 0.6) is 5.88 Å². The van der Waals surface area contributed by atoms with Crippen LogP contribution < -0.4 is 10.1 Å². The lowest BCUT2D eigenvalue weighted by atomic mass is 9.77. The molecule has 0 unspecified atom stereocenters. The van der Waals surface area contributed by atoms with Gasteiger partial charge in [0.25, 0.3) is 5.91 Å². The Morgan fingerprint density at radius 1 is 1.09 bits per heavy atom. The summed E-state index contributed by atoms with van der Waals surface area (Å²) in [5.74, 6) is 0.234. The first kappa shape index (κ1) is 23.1. The molecule has 3 heterocycles. The summed E-state index contributed by atoms with van der Waals surface area (Å²) in [6, 6.07) is 8.38. The van der Waals surface area contributed by atoms with E-state index < -0.39 is 0 Å².